The normalized spacial score (nSPS) is 26.1. The monoisotopic (exact) mass is 216 g/mol. The van der Waals surface area contributed by atoms with Crippen LogP contribution < -0.4 is 0 Å². The lowest BCUT2D eigenvalue weighted by atomic mass is 9.67. The fraction of sp³-hybridized carbons (Fsp3) is 0.500. The molecule has 0 fully saturated rings. The molecule has 88 valence electrons. The molecule has 0 aromatic heterocycles. The Morgan fingerprint density at radius 3 is 2.62 bits per heavy atom. The van der Waals surface area contributed by atoms with E-state index in [2.05, 4.69) is 65.5 Å². The predicted octanol–water partition coefficient (Wildman–Crippen LogP) is 5.06. The van der Waals surface area contributed by atoms with Gasteiger partial charge in [0.25, 0.3) is 0 Å². The molecule has 1 atom stereocenters. The molecule has 0 nitrogen and oxygen atoms in total. The molecule has 0 saturated heterocycles. The highest BCUT2D eigenvalue weighted by Gasteiger charge is 2.32. The summed E-state index contributed by atoms with van der Waals surface area (Å²) in [6.45, 7) is 15.2. The summed E-state index contributed by atoms with van der Waals surface area (Å²) in [6, 6.07) is 0. The molecule has 0 radical (unpaired) electrons. The Morgan fingerprint density at radius 1 is 1.50 bits per heavy atom. The Hall–Kier alpha value is -1.04. The van der Waals surface area contributed by atoms with Gasteiger partial charge in [0.15, 0.2) is 0 Å². The SMILES string of the molecule is C=C1C=C(C)[C@H](/C=C/C(C)=C/C)C(C)(C)C1. The lowest BCUT2D eigenvalue weighted by molar-refractivity contribution is 0.281. The van der Waals surface area contributed by atoms with E-state index in [4.69, 9.17) is 0 Å². The van der Waals surface area contributed by atoms with E-state index in [9.17, 15) is 0 Å². The quantitative estimate of drug-likeness (QED) is 0.566. The van der Waals surface area contributed by atoms with Crippen molar-refractivity contribution in [3.63, 3.8) is 0 Å². The number of hydrogen-bond donors (Lipinski definition) is 0. The molecule has 0 unspecified atom stereocenters. The fourth-order valence-electron chi connectivity index (χ4n) is 2.53. The summed E-state index contributed by atoms with van der Waals surface area (Å²) in [5.74, 6) is 0.535. The Labute approximate surface area is 100 Å². The predicted molar refractivity (Wildman–Crippen MR) is 73.4 cm³/mol. The standard InChI is InChI=1S/C16H24/c1-7-12(2)8-9-15-14(4)10-13(3)11-16(15,5)6/h7-10,15H,3,11H2,1-2,4-6H3/b9-8+,12-7+/t15-/m0/s1. The minimum atomic E-state index is 0.292. The topological polar surface area (TPSA) is 0 Å². The molecule has 0 spiro atoms. The van der Waals surface area contributed by atoms with E-state index < -0.39 is 0 Å². The first-order chi connectivity index (χ1) is 7.36. The maximum atomic E-state index is 4.09. The third kappa shape index (κ3) is 2.98. The van der Waals surface area contributed by atoms with Crippen molar-refractivity contribution in [2.45, 2.75) is 41.0 Å². The van der Waals surface area contributed by atoms with Gasteiger partial charge in [-0.15, -0.1) is 0 Å². The van der Waals surface area contributed by atoms with E-state index in [1.807, 2.05) is 0 Å². The molecule has 0 N–H and O–H groups in total. The second kappa shape index (κ2) is 4.86. The molecule has 16 heavy (non-hydrogen) atoms. The minimum Gasteiger partial charge on any atom is -0.0958 e. The summed E-state index contributed by atoms with van der Waals surface area (Å²) in [7, 11) is 0. The Bertz CT molecular complexity index is 361. The first-order valence-electron chi connectivity index (χ1n) is 6.04. The van der Waals surface area contributed by atoms with Gasteiger partial charge in [0, 0.05) is 5.92 Å². The summed E-state index contributed by atoms with van der Waals surface area (Å²) in [4.78, 5) is 0. The highest BCUT2D eigenvalue weighted by molar-refractivity contribution is 5.33. The number of allylic oxidation sites excluding steroid dienone is 7. The smallest absolute Gasteiger partial charge is 0.00348 e. The van der Waals surface area contributed by atoms with Crippen LogP contribution in [0.5, 0.6) is 0 Å². The van der Waals surface area contributed by atoms with Gasteiger partial charge in [-0.2, -0.15) is 0 Å². The molecule has 0 bridgehead atoms. The van der Waals surface area contributed by atoms with Crippen molar-refractivity contribution in [1.82, 2.24) is 0 Å². The summed E-state index contributed by atoms with van der Waals surface area (Å²) in [5, 5.41) is 0. The highest BCUT2D eigenvalue weighted by atomic mass is 14.4. The average molecular weight is 216 g/mol. The maximum absolute atomic E-state index is 4.09. The summed E-state index contributed by atoms with van der Waals surface area (Å²) >= 11 is 0. The van der Waals surface area contributed by atoms with Crippen LogP contribution in [0, 0.1) is 11.3 Å². The zero-order chi connectivity index (χ0) is 12.3. The zero-order valence-corrected chi connectivity index (χ0v) is 11.3. The van der Waals surface area contributed by atoms with Gasteiger partial charge in [-0.1, -0.05) is 61.4 Å². The van der Waals surface area contributed by atoms with E-state index in [1.165, 1.54) is 16.7 Å². The Morgan fingerprint density at radius 2 is 2.12 bits per heavy atom. The van der Waals surface area contributed by atoms with E-state index in [0.717, 1.165) is 6.42 Å². The number of hydrogen-bond acceptors (Lipinski definition) is 0. The summed E-state index contributed by atoms with van der Waals surface area (Å²) < 4.78 is 0. The van der Waals surface area contributed by atoms with Crippen molar-refractivity contribution in [3.8, 4) is 0 Å². The van der Waals surface area contributed by atoms with Gasteiger partial charge in [0.05, 0.1) is 0 Å². The average Bonchev–Trinajstić information content (AvgIpc) is 2.14. The zero-order valence-electron chi connectivity index (χ0n) is 11.3. The first kappa shape index (κ1) is 13.0. The van der Waals surface area contributed by atoms with Crippen LogP contribution in [-0.2, 0) is 0 Å². The van der Waals surface area contributed by atoms with E-state index >= 15 is 0 Å². The molecule has 1 aliphatic rings. The lowest BCUT2D eigenvalue weighted by Gasteiger charge is -2.37. The third-order valence-corrected chi connectivity index (χ3v) is 3.45. The molecule has 0 aromatic carbocycles. The van der Waals surface area contributed by atoms with Crippen LogP contribution in [0.3, 0.4) is 0 Å². The van der Waals surface area contributed by atoms with Crippen molar-refractivity contribution < 1.29 is 0 Å². The van der Waals surface area contributed by atoms with Crippen molar-refractivity contribution in [1.29, 1.82) is 0 Å². The first-order valence-corrected chi connectivity index (χ1v) is 6.04. The summed E-state index contributed by atoms with van der Waals surface area (Å²) in [5.41, 5.74) is 4.31. The van der Waals surface area contributed by atoms with Crippen LogP contribution in [0.2, 0.25) is 0 Å². The molecule has 1 rings (SSSR count). The van der Waals surface area contributed by atoms with Gasteiger partial charge < -0.3 is 0 Å². The van der Waals surface area contributed by atoms with Gasteiger partial charge in [-0.3, -0.25) is 0 Å². The second-order valence-electron chi connectivity index (χ2n) is 5.58. The largest absolute Gasteiger partial charge is 0.0958 e. The van der Waals surface area contributed by atoms with E-state index in [-0.39, 0.29) is 0 Å². The lowest BCUT2D eigenvalue weighted by Crippen LogP contribution is -2.27. The molecular weight excluding hydrogens is 192 g/mol. The van der Waals surface area contributed by atoms with Crippen molar-refractivity contribution >= 4 is 0 Å². The van der Waals surface area contributed by atoms with Gasteiger partial charge >= 0.3 is 0 Å². The van der Waals surface area contributed by atoms with E-state index in [0.29, 0.717) is 11.3 Å². The Kier molecular flexibility index (Phi) is 3.96. The number of rotatable bonds is 2. The van der Waals surface area contributed by atoms with Crippen molar-refractivity contribution in [3.05, 3.63) is 47.6 Å². The Balaban J connectivity index is 2.97. The molecular formula is C16H24. The van der Waals surface area contributed by atoms with Gasteiger partial charge in [-0.05, 0) is 32.6 Å². The third-order valence-electron chi connectivity index (χ3n) is 3.45. The molecule has 0 heterocycles. The molecule has 0 heteroatoms. The minimum absolute atomic E-state index is 0.292. The second-order valence-corrected chi connectivity index (χ2v) is 5.58. The summed E-state index contributed by atoms with van der Waals surface area (Å²) in [6.07, 6.45) is 10.1. The van der Waals surface area contributed by atoms with Gasteiger partial charge in [0.2, 0.25) is 0 Å². The van der Waals surface area contributed by atoms with Crippen LogP contribution in [0.4, 0.5) is 0 Å². The molecule has 0 amide bonds. The van der Waals surface area contributed by atoms with Crippen molar-refractivity contribution in [2.75, 3.05) is 0 Å². The molecule has 0 saturated carbocycles. The van der Waals surface area contributed by atoms with Crippen LogP contribution in [0.25, 0.3) is 0 Å². The van der Waals surface area contributed by atoms with Gasteiger partial charge in [-0.25, -0.2) is 0 Å². The van der Waals surface area contributed by atoms with Crippen LogP contribution in [0.15, 0.2) is 47.6 Å². The molecule has 0 aliphatic heterocycles. The van der Waals surface area contributed by atoms with Crippen LogP contribution in [-0.4, -0.2) is 0 Å². The molecule has 0 aromatic rings. The van der Waals surface area contributed by atoms with Gasteiger partial charge in [0.1, 0.15) is 0 Å². The maximum Gasteiger partial charge on any atom is 0.00348 e. The van der Waals surface area contributed by atoms with Crippen LogP contribution >= 0.6 is 0 Å². The fourth-order valence-corrected chi connectivity index (χ4v) is 2.53. The van der Waals surface area contributed by atoms with Crippen molar-refractivity contribution in [2.24, 2.45) is 11.3 Å². The van der Waals surface area contributed by atoms with Crippen LogP contribution in [0.1, 0.15) is 41.0 Å². The van der Waals surface area contributed by atoms with E-state index in [1.54, 1.807) is 0 Å². The highest BCUT2D eigenvalue weighted by Crippen LogP contribution is 2.43. The molecule has 1 aliphatic carbocycles.